The molecule has 0 aromatic heterocycles. The van der Waals surface area contributed by atoms with Crippen LogP contribution in [-0.4, -0.2) is 43.0 Å². The van der Waals surface area contributed by atoms with Gasteiger partial charge in [0.15, 0.2) is 0 Å². The van der Waals surface area contributed by atoms with Crippen LogP contribution in [0.1, 0.15) is 33.1 Å². The minimum atomic E-state index is -0.523. The third kappa shape index (κ3) is 3.16. The average Bonchev–Trinajstić information content (AvgIpc) is 3.05. The molecular formula is C18H26N4O2. The number of amides is 2. The number of hydrogen-bond acceptors (Lipinski definition) is 4. The number of fused-ring (bicyclic) bond motifs is 1. The number of benzene rings is 1. The van der Waals surface area contributed by atoms with Crippen molar-refractivity contribution in [1.82, 2.24) is 5.32 Å². The highest BCUT2D eigenvalue weighted by atomic mass is 16.2. The third-order valence-electron chi connectivity index (χ3n) is 4.94. The van der Waals surface area contributed by atoms with Crippen LogP contribution in [0.3, 0.4) is 0 Å². The number of para-hydroxylation sites is 2. The minimum absolute atomic E-state index is 0.0125. The van der Waals surface area contributed by atoms with Crippen LogP contribution in [0.15, 0.2) is 24.3 Å². The molecule has 6 nitrogen and oxygen atoms in total. The fourth-order valence-electron chi connectivity index (χ4n) is 3.83. The molecule has 0 bridgehead atoms. The largest absolute Gasteiger partial charge is 0.320 e. The molecule has 3 rings (SSSR count). The van der Waals surface area contributed by atoms with Gasteiger partial charge in [-0.15, -0.1) is 0 Å². The van der Waals surface area contributed by atoms with E-state index in [4.69, 9.17) is 5.73 Å². The fraction of sp³-hybridized carbons (Fsp3) is 0.556. The summed E-state index contributed by atoms with van der Waals surface area (Å²) in [7, 11) is 0. The van der Waals surface area contributed by atoms with Crippen molar-refractivity contribution in [2.45, 2.75) is 51.2 Å². The van der Waals surface area contributed by atoms with Gasteiger partial charge < -0.3 is 20.9 Å². The molecule has 2 aliphatic rings. The van der Waals surface area contributed by atoms with E-state index in [1.54, 1.807) is 16.7 Å². The number of carbonyl (C=O) groups is 2. The van der Waals surface area contributed by atoms with Crippen molar-refractivity contribution < 1.29 is 9.59 Å². The molecule has 3 N–H and O–H groups in total. The molecule has 0 aliphatic carbocycles. The van der Waals surface area contributed by atoms with Crippen LogP contribution >= 0.6 is 0 Å². The number of hydrogen-bond donors (Lipinski definition) is 2. The van der Waals surface area contributed by atoms with Crippen LogP contribution in [0.5, 0.6) is 0 Å². The van der Waals surface area contributed by atoms with Crippen LogP contribution in [0, 0.1) is 0 Å². The maximum absolute atomic E-state index is 12.9. The van der Waals surface area contributed by atoms with E-state index in [0.29, 0.717) is 19.0 Å². The molecule has 1 saturated heterocycles. The second-order valence-electron chi connectivity index (χ2n) is 6.81. The predicted molar refractivity (Wildman–Crippen MR) is 95.0 cm³/mol. The van der Waals surface area contributed by atoms with Gasteiger partial charge in [0.05, 0.1) is 23.5 Å². The zero-order chi connectivity index (χ0) is 17.3. The maximum Gasteiger partial charge on any atom is 0.244 e. The lowest BCUT2D eigenvalue weighted by Crippen LogP contribution is -2.55. The second-order valence-corrected chi connectivity index (χ2v) is 6.81. The van der Waals surface area contributed by atoms with Gasteiger partial charge in [0.25, 0.3) is 0 Å². The van der Waals surface area contributed by atoms with E-state index in [2.05, 4.69) is 5.32 Å². The fourth-order valence-corrected chi connectivity index (χ4v) is 3.83. The summed E-state index contributed by atoms with van der Waals surface area (Å²) in [4.78, 5) is 28.4. The Kier molecular flexibility index (Phi) is 4.87. The first kappa shape index (κ1) is 16.9. The van der Waals surface area contributed by atoms with Crippen molar-refractivity contribution >= 4 is 23.2 Å². The number of carbonyl (C=O) groups excluding carboxylic acids is 2. The van der Waals surface area contributed by atoms with Gasteiger partial charge in [-0.3, -0.25) is 9.59 Å². The summed E-state index contributed by atoms with van der Waals surface area (Å²) in [6.45, 7) is 4.99. The molecule has 1 fully saturated rings. The summed E-state index contributed by atoms with van der Waals surface area (Å²) in [6, 6.07) is 7.28. The molecular weight excluding hydrogens is 304 g/mol. The summed E-state index contributed by atoms with van der Waals surface area (Å²) in [6.07, 6.45) is 2.87. The first-order valence-electron chi connectivity index (χ1n) is 8.68. The Hall–Kier alpha value is -1.92. The minimum Gasteiger partial charge on any atom is -0.320 e. The molecule has 3 atom stereocenters. The summed E-state index contributed by atoms with van der Waals surface area (Å²) in [5, 5.41) is 3.39. The van der Waals surface area contributed by atoms with Gasteiger partial charge in [-0.25, -0.2) is 0 Å². The zero-order valence-electron chi connectivity index (χ0n) is 14.4. The molecule has 0 radical (unpaired) electrons. The van der Waals surface area contributed by atoms with E-state index in [1.165, 1.54) is 0 Å². The van der Waals surface area contributed by atoms with Gasteiger partial charge >= 0.3 is 0 Å². The summed E-state index contributed by atoms with van der Waals surface area (Å²) in [5.74, 6) is -0.0762. The van der Waals surface area contributed by atoms with Crippen molar-refractivity contribution in [3.8, 4) is 0 Å². The third-order valence-corrected chi connectivity index (χ3v) is 4.94. The van der Waals surface area contributed by atoms with Gasteiger partial charge in [-0.2, -0.15) is 0 Å². The zero-order valence-corrected chi connectivity index (χ0v) is 14.4. The highest BCUT2D eigenvalue weighted by Crippen LogP contribution is 2.35. The molecule has 2 unspecified atom stereocenters. The average molecular weight is 330 g/mol. The first-order chi connectivity index (χ1) is 11.5. The Bertz CT molecular complexity index is 627. The second kappa shape index (κ2) is 6.91. The molecule has 0 spiro atoms. The molecule has 2 heterocycles. The molecule has 1 aromatic carbocycles. The lowest BCUT2D eigenvalue weighted by Gasteiger charge is -2.41. The molecule has 1 aromatic rings. The van der Waals surface area contributed by atoms with E-state index in [-0.39, 0.29) is 17.9 Å². The van der Waals surface area contributed by atoms with Gasteiger partial charge in [-0.1, -0.05) is 12.1 Å². The Balaban J connectivity index is 1.83. The van der Waals surface area contributed by atoms with Crippen LogP contribution in [0.25, 0.3) is 0 Å². The predicted octanol–water partition coefficient (Wildman–Crippen LogP) is 1.24. The Morgan fingerprint density at radius 3 is 2.67 bits per heavy atom. The van der Waals surface area contributed by atoms with E-state index < -0.39 is 6.04 Å². The van der Waals surface area contributed by atoms with E-state index in [9.17, 15) is 9.59 Å². The quantitative estimate of drug-likeness (QED) is 0.874. The van der Waals surface area contributed by atoms with Gasteiger partial charge in [0, 0.05) is 19.5 Å². The SMILES string of the molecule is CC(=O)N1c2ccccc2N(C(=O)C(N)CC2CCCN2)C[C@@H]1C. The van der Waals surface area contributed by atoms with Gasteiger partial charge in [0.2, 0.25) is 11.8 Å². The Morgan fingerprint density at radius 1 is 1.33 bits per heavy atom. The Labute approximate surface area is 143 Å². The molecule has 24 heavy (non-hydrogen) atoms. The van der Waals surface area contributed by atoms with Crippen molar-refractivity contribution in [3.63, 3.8) is 0 Å². The van der Waals surface area contributed by atoms with E-state index in [1.807, 2.05) is 31.2 Å². The van der Waals surface area contributed by atoms with Crippen molar-refractivity contribution in [2.75, 3.05) is 22.9 Å². The summed E-state index contributed by atoms with van der Waals surface area (Å²) < 4.78 is 0. The van der Waals surface area contributed by atoms with Crippen molar-refractivity contribution in [3.05, 3.63) is 24.3 Å². The first-order valence-corrected chi connectivity index (χ1v) is 8.68. The standard InChI is InChI=1S/C18H26N4O2/c1-12-11-21(18(24)15(19)10-14-6-5-9-20-14)16-7-3-4-8-17(16)22(12)13(2)23/h3-4,7-8,12,14-15,20H,5-6,9-11,19H2,1-2H3/t12-,14?,15?/m0/s1. The highest BCUT2D eigenvalue weighted by molar-refractivity contribution is 6.05. The van der Waals surface area contributed by atoms with Crippen LogP contribution < -0.4 is 20.9 Å². The van der Waals surface area contributed by atoms with Gasteiger partial charge in [0.1, 0.15) is 0 Å². The lowest BCUT2D eigenvalue weighted by atomic mass is 10.0. The highest BCUT2D eigenvalue weighted by Gasteiger charge is 2.35. The Morgan fingerprint density at radius 2 is 2.04 bits per heavy atom. The summed E-state index contributed by atoms with van der Waals surface area (Å²) in [5.41, 5.74) is 7.76. The number of anilines is 2. The summed E-state index contributed by atoms with van der Waals surface area (Å²) >= 11 is 0. The van der Waals surface area contributed by atoms with Crippen LogP contribution in [0.4, 0.5) is 11.4 Å². The van der Waals surface area contributed by atoms with Crippen molar-refractivity contribution in [2.24, 2.45) is 5.73 Å². The monoisotopic (exact) mass is 330 g/mol. The van der Waals surface area contributed by atoms with E-state index in [0.717, 1.165) is 30.8 Å². The number of nitrogens with zero attached hydrogens (tertiary/aromatic N) is 2. The molecule has 2 aliphatic heterocycles. The number of nitrogens with two attached hydrogens (primary N) is 1. The topological polar surface area (TPSA) is 78.7 Å². The molecule has 2 amide bonds. The smallest absolute Gasteiger partial charge is 0.244 e. The lowest BCUT2D eigenvalue weighted by molar-refractivity contribution is -0.121. The van der Waals surface area contributed by atoms with Crippen LogP contribution in [-0.2, 0) is 9.59 Å². The van der Waals surface area contributed by atoms with Crippen LogP contribution in [0.2, 0.25) is 0 Å². The molecule has 6 heteroatoms. The van der Waals surface area contributed by atoms with Gasteiger partial charge in [-0.05, 0) is 44.9 Å². The number of nitrogens with one attached hydrogen (secondary N) is 1. The van der Waals surface area contributed by atoms with E-state index >= 15 is 0 Å². The maximum atomic E-state index is 12.9. The normalized spacial score (nSPS) is 24.6. The number of rotatable bonds is 3. The molecule has 130 valence electrons. The molecule has 0 saturated carbocycles. The van der Waals surface area contributed by atoms with Crippen molar-refractivity contribution in [1.29, 1.82) is 0 Å².